The number of anilines is 1. The smallest absolute Gasteiger partial charge is 0.232 e. The van der Waals surface area contributed by atoms with E-state index >= 15 is 0 Å². The molecule has 30 heavy (non-hydrogen) atoms. The Morgan fingerprint density at radius 3 is 2.77 bits per heavy atom. The van der Waals surface area contributed by atoms with Crippen LogP contribution in [0.25, 0.3) is 5.65 Å². The summed E-state index contributed by atoms with van der Waals surface area (Å²) >= 11 is 0. The van der Waals surface area contributed by atoms with Gasteiger partial charge in [-0.1, -0.05) is 25.9 Å². The number of rotatable bonds is 5. The number of aromatic nitrogens is 6. The van der Waals surface area contributed by atoms with Crippen LogP contribution in [0.5, 0.6) is 0 Å². The average molecular weight is 412 g/mol. The molecule has 1 unspecified atom stereocenters. The first-order chi connectivity index (χ1) is 14.4. The fourth-order valence-corrected chi connectivity index (χ4v) is 3.92. The second kappa shape index (κ2) is 7.28. The molecule has 2 aliphatic heterocycles. The molecule has 0 saturated carbocycles. The number of ether oxygens (including phenoxy) is 1. The fourth-order valence-electron chi connectivity index (χ4n) is 3.92. The third-order valence-corrected chi connectivity index (χ3v) is 5.88. The highest BCUT2D eigenvalue weighted by Crippen LogP contribution is 2.26. The summed E-state index contributed by atoms with van der Waals surface area (Å²) in [6.45, 7) is 10.3. The first-order valence-electron chi connectivity index (χ1n) is 10.5. The van der Waals surface area contributed by atoms with Gasteiger partial charge in [-0.15, -0.1) is 15.3 Å². The fraction of sp³-hybridized carbons (Fsp3) is 0.650. The Kier molecular flexibility index (Phi) is 4.70. The molecule has 0 bridgehead atoms. The molecule has 2 saturated heterocycles. The van der Waals surface area contributed by atoms with E-state index in [4.69, 9.17) is 14.4 Å². The minimum Gasteiger partial charge on any atom is -0.381 e. The van der Waals surface area contributed by atoms with Crippen molar-refractivity contribution in [2.24, 2.45) is 0 Å². The zero-order valence-electron chi connectivity index (χ0n) is 17.9. The predicted molar refractivity (Wildman–Crippen MR) is 109 cm³/mol. The topological polar surface area (TPSA) is 97.7 Å². The molecule has 0 N–H and O–H groups in total. The molecule has 5 heterocycles. The van der Waals surface area contributed by atoms with Crippen molar-refractivity contribution < 1.29 is 9.26 Å². The molecule has 1 atom stereocenters. The van der Waals surface area contributed by atoms with Crippen LogP contribution in [0.4, 0.5) is 5.82 Å². The van der Waals surface area contributed by atoms with Crippen molar-refractivity contribution in [3.05, 3.63) is 29.7 Å². The first-order valence-corrected chi connectivity index (χ1v) is 10.5. The number of likely N-dealkylation sites (N-methyl/N-ethyl adjacent to an activating group) is 1. The normalized spacial score (nSPS) is 20.4. The molecule has 3 aromatic rings. The second-order valence-electron chi connectivity index (χ2n) is 9.32. The van der Waals surface area contributed by atoms with Crippen LogP contribution in [0.2, 0.25) is 0 Å². The molecular formula is C20H28N8O2. The maximum absolute atomic E-state index is 5.44. The Morgan fingerprint density at radius 1 is 1.20 bits per heavy atom. The molecular weight excluding hydrogens is 384 g/mol. The lowest BCUT2D eigenvalue weighted by Crippen LogP contribution is -2.58. The Hall–Kier alpha value is -2.59. The Morgan fingerprint density at radius 2 is 2.03 bits per heavy atom. The van der Waals surface area contributed by atoms with E-state index in [9.17, 15) is 0 Å². The average Bonchev–Trinajstić information content (AvgIpc) is 3.39. The molecule has 0 amide bonds. The van der Waals surface area contributed by atoms with Gasteiger partial charge in [0, 0.05) is 31.2 Å². The van der Waals surface area contributed by atoms with E-state index in [2.05, 4.69) is 58.0 Å². The highest BCUT2D eigenvalue weighted by Gasteiger charge is 2.33. The summed E-state index contributed by atoms with van der Waals surface area (Å²) in [6, 6.07) is 4.42. The van der Waals surface area contributed by atoms with Crippen LogP contribution in [0.3, 0.4) is 0 Å². The van der Waals surface area contributed by atoms with Crippen LogP contribution in [-0.4, -0.2) is 74.2 Å². The maximum Gasteiger partial charge on any atom is 0.232 e. The largest absolute Gasteiger partial charge is 0.381 e. The lowest BCUT2D eigenvalue weighted by molar-refractivity contribution is 0.187. The summed E-state index contributed by atoms with van der Waals surface area (Å²) in [4.78, 5) is 9.11. The summed E-state index contributed by atoms with van der Waals surface area (Å²) in [7, 11) is 2.10. The van der Waals surface area contributed by atoms with Gasteiger partial charge in [-0.05, 0) is 25.6 Å². The summed E-state index contributed by atoms with van der Waals surface area (Å²) in [6.07, 6.45) is 0.954. The second-order valence-corrected chi connectivity index (χ2v) is 9.32. The lowest BCUT2D eigenvalue weighted by atomic mass is 9.96. The number of nitrogens with zero attached hydrogens (tertiary/aromatic N) is 8. The van der Waals surface area contributed by atoms with Crippen LogP contribution in [-0.2, 0) is 16.7 Å². The minimum absolute atomic E-state index is 0.114. The van der Waals surface area contributed by atoms with Gasteiger partial charge in [0.25, 0.3) is 0 Å². The van der Waals surface area contributed by atoms with Gasteiger partial charge in [0.1, 0.15) is 5.82 Å². The molecule has 0 radical (unpaired) electrons. The van der Waals surface area contributed by atoms with Crippen molar-refractivity contribution in [3.8, 4) is 0 Å². The lowest BCUT2D eigenvalue weighted by Gasteiger charge is -2.44. The quantitative estimate of drug-likeness (QED) is 0.619. The number of hydrogen-bond donors (Lipinski definition) is 0. The van der Waals surface area contributed by atoms with Crippen LogP contribution < -0.4 is 4.90 Å². The van der Waals surface area contributed by atoms with Crippen molar-refractivity contribution in [3.63, 3.8) is 0 Å². The molecule has 3 aromatic heterocycles. The van der Waals surface area contributed by atoms with Crippen LogP contribution >= 0.6 is 0 Å². The summed E-state index contributed by atoms with van der Waals surface area (Å²) in [5, 5.41) is 17.5. The molecule has 10 heteroatoms. The van der Waals surface area contributed by atoms with Crippen molar-refractivity contribution in [1.29, 1.82) is 0 Å². The highest BCUT2D eigenvalue weighted by atomic mass is 16.5. The van der Waals surface area contributed by atoms with Gasteiger partial charge >= 0.3 is 0 Å². The minimum atomic E-state index is -0.114. The monoisotopic (exact) mass is 412 g/mol. The molecule has 0 aliphatic carbocycles. The van der Waals surface area contributed by atoms with Gasteiger partial charge in [-0.25, -0.2) is 0 Å². The summed E-state index contributed by atoms with van der Waals surface area (Å²) < 4.78 is 12.7. The summed E-state index contributed by atoms with van der Waals surface area (Å²) in [5.41, 5.74) is 0.662. The van der Waals surface area contributed by atoms with E-state index in [0.29, 0.717) is 25.1 Å². The molecule has 10 nitrogen and oxygen atoms in total. The summed E-state index contributed by atoms with van der Waals surface area (Å²) in [5.74, 6) is 3.49. The maximum atomic E-state index is 5.44. The molecule has 2 aliphatic rings. The SMILES string of the molecule is CN(Cc1noc(C2CCOC2)n1)C1CN(c2ccc3nnc(C(C)(C)C)n3n2)C1. The van der Waals surface area contributed by atoms with Gasteiger partial charge in [0.15, 0.2) is 17.3 Å². The molecule has 0 spiro atoms. The van der Waals surface area contributed by atoms with Crippen LogP contribution in [0.15, 0.2) is 16.7 Å². The van der Waals surface area contributed by atoms with Crippen molar-refractivity contribution in [2.45, 2.75) is 51.1 Å². The van der Waals surface area contributed by atoms with E-state index in [1.807, 2.05) is 16.6 Å². The predicted octanol–water partition coefficient (Wildman–Crippen LogP) is 1.63. The van der Waals surface area contributed by atoms with E-state index in [1.165, 1.54) is 0 Å². The molecule has 2 fully saturated rings. The van der Waals surface area contributed by atoms with E-state index in [1.54, 1.807) is 0 Å². The van der Waals surface area contributed by atoms with Gasteiger partial charge in [-0.2, -0.15) is 9.50 Å². The molecule has 160 valence electrons. The van der Waals surface area contributed by atoms with Gasteiger partial charge in [0.2, 0.25) is 5.89 Å². The Labute approximate surface area is 175 Å². The zero-order chi connectivity index (χ0) is 20.9. The Balaban J connectivity index is 1.21. The standard InChI is InChI=1S/C20H28N8O2/c1-20(2,3)19-23-22-16-5-6-17(24-28(16)19)27-9-14(10-27)26(4)11-15-21-18(30-25-15)13-7-8-29-12-13/h5-6,13-14H,7-12H2,1-4H3. The zero-order valence-corrected chi connectivity index (χ0v) is 17.9. The van der Waals surface area contributed by atoms with E-state index in [0.717, 1.165) is 49.2 Å². The van der Waals surface area contributed by atoms with Crippen LogP contribution in [0.1, 0.15) is 50.6 Å². The third kappa shape index (κ3) is 3.54. The van der Waals surface area contributed by atoms with Gasteiger partial charge < -0.3 is 14.2 Å². The number of fused-ring (bicyclic) bond motifs is 1. The third-order valence-electron chi connectivity index (χ3n) is 5.88. The van der Waals surface area contributed by atoms with Gasteiger partial charge in [0.05, 0.1) is 19.1 Å². The Bertz CT molecular complexity index is 1030. The first kappa shape index (κ1) is 19.4. The van der Waals surface area contributed by atoms with Gasteiger partial charge in [-0.3, -0.25) is 4.90 Å². The van der Waals surface area contributed by atoms with Crippen molar-refractivity contribution in [2.75, 3.05) is 38.3 Å². The molecule has 0 aromatic carbocycles. The van der Waals surface area contributed by atoms with E-state index in [-0.39, 0.29) is 11.3 Å². The van der Waals surface area contributed by atoms with E-state index < -0.39 is 0 Å². The van der Waals surface area contributed by atoms with Crippen LogP contribution in [0, 0.1) is 0 Å². The van der Waals surface area contributed by atoms with Crippen molar-refractivity contribution >= 4 is 11.5 Å². The molecule has 5 rings (SSSR count). The number of hydrogen-bond acceptors (Lipinski definition) is 9. The van der Waals surface area contributed by atoms with Crippen molar-refractivity contribution in [1.82, 2.24) is 34.9 Å². The highest BCUT2D eigenvalue weighted by molar-refractivity contribution is 5.48.